The quantitative estimate of drug-likeness (QED) is 0.556. The minimum Gasteiger partial charge on any atom is -0.385 e. The van der Waals surface area contributed by atoms with Gasteiger partial charge in [-0.2, -0.15) is 0 Å². The molecule has 0 unspecified atom stereocenters. The first-order chi connectivity index (χ1) is 11.7. The maximum Gasteiger partial charge on any atom is 0.239 e. The lowest BCUT2D eigenvalue weighted by Gasteiger charge is -2.20. The predicted molar refractivity (Wildman–Crippen MR) is 93.3 cm³/mol. The molecular formula is C16H25N3O5S. The van der Waals surface area contributed by atoms with Gasteiger partial charge in [-0.3, -0.25) is 9.59 Å². The Bertz CT molecular complexity index is 674. The van der Waals surface area contributed by atoms with Crippen LogP contribution in [0.25, 0.3) is 0 Å². The number of nitrogens with one attached hydrogen (secondary N) is 1. The third-order valence-electron chi connectivity index (χ3n) is 3.54. The third-order valence-corrected chi connectivity index (χ3v) is 4.47. The average molecular weight is 371 g/mol. The average Bonchev–Trinajstić information content (AvgIpc) is 2.53. The van der Waals surface area contributed by atoms with Gasteiger partial charge in [0.1, 0.15) is 0 Å². The molecule has 1 rings (SSSR count). The summed E-state index contributed by atoms with van der Waals surface area (Å²) in [6.45, 7) is 2.80. The molecule has 25 heavy (non-hydrogen) atoms. The molecule has 8 nitrogen and oxygen atoms in total. The molecule has 0 bridgehead atoms. The van der Waals surface area contributed by atoms with Crippen molar-refractivity contribution >= 4 is 21.8 Å². The highest BCUT2D eigenvalue weighted by Crippen LogP contribution is 2.08. The fourth-order valence-corrected chi connectivity index (χ4v) is 2.68. The van der Waals surface area contributed by atoms with Crippen LogP contribution in [-0.4, -0.2) is 58.5 Å². The zero-order valence-corrected chi connectivity index (χ0v) is 15.3. The van der Waals surface area contributed by atoms with E-state index in [1.807, 2.05) is 0 Å². The molecule has 9 heteroatoms. The topological polar surface area (TPSA) is 119 Å². The Morgan fingerprint density at radius 1 is 1.24 bits per heavy atom. The number of nitrogens with two attached hydrogens (primary N) is 1. The monoisotopic (exact) mass is 371 g/mol. The number of carbonyl (C=O) groups is 2. The van der Waals surface area contributed by atoms with E-state index in [0.717, 1.165) is 5.56 Å². The first-order valence-electron chi connectivity index (χ1n) is 7.87. The van der Waals surface area contributed by atoms with Crippen LogP contribution in [0.3, 0.4) is 0 Å². The van der Waals surface area contributed by atoms with Crippen molar-refractivity contribution in [2.75, 3.05) is 33.4 Å². The zero-order chi connectivity index (χ0) is 18.9. The van der Waals surface area contributed by atoms with Crippen LogP contribution in [0.2, 0.25) is 0 Å². The smallest absolute Gasteiger partial charge is 0.239 e. The summed E-state index contributed by atoms with van der Waals surface area (Å²) in [6, 6.07) is 6.16. The number of hydrogen-bond donors (Lipinski definition) is 2. The Labute approximate surface area is 148 Å². The van der Waals surface area contributed by atoms with Crippen molar-refractivity contribution in [1.82, 2.24) is 10.2 Å². The molecule has 3 N–H and O–H groups in total. The number of benzene rings is 1. The predicted octanol–water partition coefficient (Wildman–Crippen LogP) is -0.122. The number of amides is 2. The molecule has 0 radical (unpaired) electrons. The van der Waals surface area contributed by atoms with E-state index in [4.69, 9.17) is 9.88 Å². The van der Waals surface area contributed by atoms with E-state index in [0.29, 0.717) is 32.5 Å². The summed E-state index contributed by atoms with van der Waals surface area (Å²) in [4.78, 5) is 25.0. The van der Waals surface area contributed by atoms with Crippen LogP contribution in [0.1, 0.15) is 18.9 Å². The second-order valence-electron chi connectivity index (χ2n) is 5.58. The van der Waals surface area contributed by atoms with Gasteiger partial charge < -0.3 is 15.0 Å². The van der Waals surface area contributed by atoms with Crippen molar-refractivity contribution in [3.05, 3.63) is 29.8 Å². The van der Waals surface area contributed by atoms with Gasteiger partial charge in [-0.25, -0.2) is 13.6 Å². The molecule has 0 aliphatic rings. The van der Waals surface area contributed by atoms with Crippen molar-refractivity contribution in [2.45, 2.75) is 24.7 Å². The van der Waals surface area contributed by atoms with Gasteiger partial charge in [0.2, 0.25) is 21.8 Å². The lowest BCUT2D eigenvalue weighted by atomic mass is 10.1. The van der Waals surface area contributed by atoms with Gasteiger partial charge in [0.25, 0.3) is 0 Å². The number of rotatable bonds is 10. The van der Waals surface area contributed by atoms with E-state index in [1.165, 1.54) is 24.0 Å². The number of nitrogens with zero attached hydrogens (tertiary/aromatic N) is 1. The highest BCUT2D eigenvalue weighted by molar-refractivity contribution is 7.89. The van der Waals surface area contributed by atoms with Crippen LogP contribution in [-0.2, 0) is 30.8 Å². The van der Waals surface area contributed by atoms with Crippen molar-refractivity contribution in [1.29, 1.82) is 0 Å². The molecule has 0 saturated heterocycles. The molecule has 140 valence electrons. The molecular weight excluding hydrogens is 346 g/mol. The van der Waals surface area contributed by atoms with Gasteiger partial charge in [-0.1, -0.05) is 12.1 Å². The highest BCUT2D eigenvalue weighted by Gasteiger charge is 2.13. The molecule has 0 atom stereocenters. The Morgan fingerprint density at radius 3 is 2.40 bits per heavy atom. The summed E-state index contributed by atoms with van der Waals surface area (Å²) in [5.74, 6) is -0.404. The summed E-state index contributed by atoms with van der Waals surface area (Å²) < 4.78 is 27.3. The standard InChI is InChI=1S/C16H25N3O5S/c1-13(20)19(10-3-11-24-2)12-16(21)18-9-8-14-4-6-15(7-5-14)25(17,22)23/h4-7H,3,8-12H2,1-2H3,(H,18,21)(H2,17,22,23). The SMILES string of the molecule is COCCCN(CC(=O)NCCc1ccc(S(N)(=O)=O)cc1)C(C)=O. The molecule has 0 saturated carbocycles. The molecule has 0 aliphatic heterocycles. The fourth-order valence-electron chi connectivity index (χ4n) is 2.17. The Balaban J connectivity index is 2.41. The van der Waals surface area contributed by atoms with Crippen molar-refractivity contribution in [3.63, 3.8) is 0 Å². The number of methoxy groups -OCH3 is 1. The van der Waals surface area contributed by atoms with Crippen LogP contribution in [0, 0.1) is 0 Å². The molecule has 2 amide bonds. The fraction of sp³-hybridized carbons (Fsp3) is 0.500. The molecule has 0 aliphatic carbocycles. The van der Waals surface area contributed by atoms with E-state index in [1.54, 1.807) is 19.2 Å². The summed E-state index contributed by atoms with van der Waals surface area (Å²) >= 11 is 0. The first-order valence-corrected chi connectivity index (χ1v) is 9.41. The maximum absolute atomic E-state index is 11.9. The Hall–Kier alpha value is -1.97. The van der Waals surface area contributed by atoms with Gasteiger partial charge in [0, 0.05) is 33.7 Å². The van der Waals surface area contributed by atoms with Crippen LogP contribution < -0.4 is 10.5 Å². The first kappa shape index (κ1) is 21.1. The Kier molecular flexibility index (Phi) is 8.53. The normalized spacial score (nSPS) is 11.2. The van der Waals surface area contributed by atoms with Crippen LogP contribution in [0.15, 0.2) is 29.2 Å². The number of carbonyl (C=O) groups excluding carboxylic acids is 2. The number of sulfonamides is 1. The van der Waals surface area contributed by atoms with Gasteiger partial charge in [-0.15, -0.1) is 0 Å². The van der Waals surface area contributed by atoms with E-state index >= 15 is 0 Å². The zero-order valence-electron chi connectivity index (χ0n) is 14.5. The van der Waals surface area contributed by atoms with Crippen LogP contribution in [0.4, 0.5) is 0 Å². The number of ether oxygens (including phenoxy) is 1. The van der Waals surface area contributed by atoms with E-state index < -0.39 is 10.0 Å². The van der Waals surface area contributed by atoms with Gasteiger partial charge in [0.05, 0.1) is 11.4 Å². The minimum atomic E-state index is -3.70. The third kappa shape index (κ3) is 8.10. The van der Waals surface area contributed by atoms with Crippen molar-refractivity contribution in [3.8, 4) is 0 Å². The van der Waals surface area contributed by atoms with E-state index in [9.17, 15) is 18.0 Å². The maximum atomic E-state index is 11.9. The Morgan fingerprint density at radius 2 is 1.88 bits per heavy atom. The molecule has 0 heterocycles. The van der Waals surface area contributed by atoms with E-state index in [2.05, 4.69) is 5.32 Å². The lowest BCUT2D eigenvalue weighted by molar-refractivity contribution is -0.134. The summed E-state index contributed by atoms with van der Waals surface area (Å²) in [5, 5.41) is 7.78. The second-order valence-corrected chi connectivity index (χ2v) is 7.14. The van der Waals surface area contributed by atoms with Gasteiger partial charge in [0.15, 0.2) is 0 Å². The largest absolute Gasteiger partial charge is 0.385 e. The number of primary sulfonamides is 1. The molecule has 1 aromatic carbocycles. The summed E-state index contributed by atoms with van der Waals surface area (Å²) in [6.07, 6.45) is 1.21. The van der Waals surface area contributed by atoms with Crippen LogP contribution in [0.5, 0.6) is 0 Å². The minimum absolute atomic E-state index is 0.00338. The molecule has 0 spiro atoms. The van der Waals surface area contributed by atoms with E-state index in [-0.39, 0.29) is 23.3 Å². The molecule has 0 fully saturated rings. The number of hydrogen-bond acceptors (Lipinski definition) is 5. The second kappa shape index (κ2) is 10.1. The van der Waals surface area contributed by atoms with Gasteiger partial charge in [-0.05, 0) is 30.5 Å². The van der Waals surface area contributed by atoms with Gasteiger partial charge >= 0.3 is 0 Å². The highest BCUT2D eigenvalue weighted by atomic mass is 32.2. The lowest BCUT2D eigenvalue weighted by Crippen LogP contribution is -2.41. The molecule has 1 aromatic rings. The van der Waals surface area contributed by atoms with Crippen molar-refractivity contribution in [2.24, 2.45) is 5.14 Å². The van der Waals surface area contributed by atoms with Crippen LogP contribution >= 0.6 is 0 Å². The summed E-state index contributed by atoms with van der Waals surface area (Å²) in [7, 11) is -2.12. The van der Waals surface area contributed by atoms with Crippen molar-refractivity contribution < 1.29 is 22.7 Å². The summed E-state index contributed by atoms with van der Waals surface area (Å²) in [5.41, 5.74) is 0.871. The molecule has 0 aromatic heterocycles.